The summed E-state index contributed by atoms with van der Waals surface area (Å²) in [5.41, 5.74) is 6.66. The molecule has 1 aliphatic rings. The van der Waals surface area contributed by atoms with E-state index in [2.05, 4.69) is 5.11 Å². The molecule has 1 fully saturated rings. The Morgan fingerprint density at radius 3 is 2.27 bits per heavy atom. The maximum absolute atomic E-state index is 11.8. The normalized spacial score (nSPS) is 23.3. The van der Waals surface area contributed by atoms with Crippen LogP contribution in [0.1, 0.15) is 32.1 Å². The van der Waals surface area contributed by atoms with Gasteiger partial charge < -0.3 is 4.55 Å². The van der Waals surface area contributed by atoms with Crippen LogP contribution in [0, 0.1) is 5.53 Å². The third-order valence-corrected chi connectivity index (χ3v) is 6.39. The van der Waals surface area contributed by atoms with E-state index in [1.54, 1.807) is 0 Å². The summed E-state index contributed by atoms with van der Waals surface area (Å²) in [6.07, 6.45) is 3.63. The third-order valence-electron chi connectivity index (χ3n) is 2.58. The summed E-state index contributed by atoms with van der Waals surface area (Å²) in [7, 11) is -3.78. The highest BCUT2D eigenvalue weighted by Gasteiger charge is 2.38. The smallest absolute Gasteiger partial charge is 0.270 e. The van der Waals surface area contributed by atoms with E-state index in [0.29, 0.717) is 12.8 Å². The van der Waals surface area contributed by atoms with E-state index in [-0.39, 0.29) is 0 Å². The molecule has 88 valence electrons. The van der Waals surface area contributed by atoms with E-state index in [1.165, 1.54) is 0 Å². The molecule has 0 aromatic rings. The van der Waals surface area contributed by atoms with Gasteiger partial charge in [0.2, 0.25) is 0 Å². The molecule has 1 saturated carbocycles. The average molecular weight is 254 g/mol. The van der Waals surface area contributed by atoms with Crippen LogP contribution in [-0.4, -0.2) is 27.1 Å². The summed E-state index contributed by atoms with van der Waals surface area (Å²) in [6.45, 7) is 0. The van der Waals surface area contributed by atoms with Gasteiger partial charge in [-0.05, 0) is 12.8 Å². The van der Waals surface area contributed by atoms with Crippen LogP contribution >= 0.6 is 0 Å². The van der Waals surface area contributed by atoms with E-state index in [0.717, 1.165) is 19.3 Å². The first kappa shape index (κ1) is 12.7. The molecule has 8 heteroatoms. The summed E-state index contributed by atoms with van der Waals surface area (Å²) in [5.74, 6) is 0. The van der Waals surface area contributed by atoms with Gasteiger partial charge in [-0.25, -0.2) is 18.2 Å². The fraction of sp³-hybridized carbons (Fsp3) is 1.00. The minimum atomic E-state index is -3.78. The van der Waals surface area contributed by atoms with Crippen molar-refractivity contribution in [2.75, 3.05) is 0 Å². The lowest BCUT2D eigenvalue weighted by Gasteiger charge is -2.22. The van der Waals surface area contributed by atoms with Crippen molar-refractivity contribution in [3.63, 3.8) is 0 Å². The van der Waals surface area contributed by atoms with Gasteiger partial charge in [0, 0.05) is 0 Å². The lowest BCUT2D eigenvalue weighted by atomic mass is 10.0. The molecule has 0 spiro atoms. The summed E-state index contributed by atoms with van der Waals surface area (Å²) in [5, 5.41) is 2.14. The molecule has 15 heavy (non-hydrogen) atoms. The Hall–Kier alpha value is -0.340. The molecule has 0 aliphatic heterocycles. The van der Waals surface area contributed by atoms with Crippen LogP contribution in [0.4, 0.5) is 0 Å². The Kier molecular flexibility index (Phi) is 4.35. The topological polar surface area (TPSA) is 108 Å². The van der Waals surface area contributed by atoms with Crippen LogP contribution in [-0.2, 0) is 20.9 Å². The Bertz CT molecular complexity index is 348. The van der Waals surface area contributed by atoms with Gasteiger partial charge >= 0.3 is 0 Å². The van der Waals surface area contributed by atoms with Crippen molar-refractivity contribution in [3.8, 4) is 0 Å². The van der Waals surface area contributed by atoms with Crippen LogP contribution in [0.5, 0.6) is 0 Å². The highest BCUT2D eigenvalue weighted by Crippen LogP contribution is 2.27. The van der Waals surface area contributed by atoms with Gasteiger partial charge in [-0.2, -0.15) is 5.11 Å². The van der Waals surface area contributed by atoms with Crippen LogP contribution in [0.2, 0.25) is 0 Å². The maximum atomic E-state index is 11.8. The zero-order valence-corrected chi connectivity index (χ0v) is 9.76. The number of rotatable bonds is 4. The minimum absolute atomic E-state index is 0.506. The monoisotopic (exact) mass is 254 g/mol. The molecule has 0 aromatic carbocycles. The molecular weight excluding hydrogens is 240 g/mol. The molecule has 0 bridgehead atoms. The van der Waals surface area contributed by atoms with Crippen molar-refractivity contribution in [1.29, 1.82) is 5.53 Å². The summed E-state index contributed by atoms with van der Waals surface area (Å²) in [4.78, 5) is 0. The molecule has 0 aromatic heterocycles. The van der Waals surface area contributed by atoms with Gasteiger partial charge in [0.25, 0.3) is 4.71 Å². The van der Waals surface area contributed by atoms with Crippen LogP contribution < -0.4 is 0 Å². The van der Waals surface area contributed by atoms with Crippen molar-refractivity contribution < 1.29 is 17.2 Å². The molecular formula is C7H14N2O4S2. The first-order chi connectivity index (χ1) is 7.00. The van der Waals surface area contributed by atoms with Gasteiger partial charge in [0.05, 0.1) is 5.25 Å². The van der Waals surface area contributed by atoms with Crippen molar-refractivity contribution in [1.82, 2.24) is 0 Å². The molecule has 2 unspecified atom stereocenters. The Balaban J connectivity index is 2.88. The predicted molar refractivity (Wildman–Crippen MR) is 55.5 cm³/mol. The number of hydrogen-bond acceptors (Lipinski definition) is 5. The number of nitrogens with zero attached hydrogens (tertiary/aromatic N) is 1. The van der Waals surface area contributed by atoms with Crippen molar-refractivity contribution >= 4 is 20.9 Å². The number of hydrogen-bond donors (Lipinski definition) is 2. The standard InChI is InChI=1S/C7H14N2O4S2/c8-9-7(14(10)11)15(12,13)6-4-2-1-3-5-6/h6-8H,1-5H2,(H,10,11). The Morgan fingerprint density at radius 1 is 1.33 bits per heavy atom. The SMILES string of the molecule is N=NC(S(=O)O)S(=O)(=O)C1CCCCC1. The van der Waals surface area contributed by atoms with E-state index in [1.807, 2.05) is 0 Å². The van der Waals surface area contributed by atoms with Crippen LogP contribution in [0.25, 0.3) is 0 Å². The zero-order valence-electron chi connectivity index (χ0n) is 8.13. The van der Waals surface area contributed by atoms with Crippen molar-refractivity contribution in [3.05, 3.63) is 0 Å². The van der Waals surface area contributed by atoms with Gasteiger partial charge in [0.1, 0.15) is 0 Å². The molecule has 1 rings (SSSR count). The van der Waals surface area contributed by atoms with Crippen LogP contribution in [0.3, 0.4) is 0 Å². The van der Waals surface area contributed by atoms with Crippen molar-refractivity contribution in [2.45, 2.75) is 42.1 Å². The molecule has 2 atom stereocenters. The van der Waals surface area contributed by atoms with Gasteiger partial charge in [0.15, 0.2) is 20.9 Å². The molecule has 0 amide bonds. The predicted octanol–water partition coefficient (Wildman–Crippen LogP) is 1.27. The molecule has 0 heterocycles. The molecule has 6 nitrogen and oxygen atoms in total. The van der Waals surface area contributed by atoms with E-state index in [4.69, 9.17) is 10.1 Å². The van der Waals surface area contributed by atoms with Gasteiger partial charge in [-0.1, -0.05) is 19.3 Å². The van der Waals surface area contributed by atoms with Gasteiger partial charge in [-0.15, -0.1) is 0 Å². The molecule has 0 saturated heterocycles. The Morgan fingerprint density at radius 2 is 1.87 bits per heavy atom. The second-order valence-electron chi connectivity index (χ2n) is 3.56. The number of nitrogens with one attached hydrogen (secondary N) is 1. The average Bonchev–Trinajstić information content (AvgIpc) is 2.19. The lowest BCUT2D eigenvalue weighted by molar-refractivity contribution is 0.479. The number of sulfone groups is 1. The second kappa shape index (κ2) is 5.13. The fourth-order valence-corrected chi connectivity index (χ4v) is 4.74. The summed E-state index contributed by atoms with van der Waals surface area (Å²) < 4.78 is 41.3. The van der Waals surface area contributed by atoms with Crippen molar-refractivity contribution in [2.24, 2.45) is 5.11 Å². The van der Waals surface area contributed by atoms with E-state index < -0.39 is 30.9 Å². The maximum Gasteiger partial charge on any atom is 0.270 e. The summed E-state index contributed by atoms with van der Waals surface area (Å²) >= 11 is -2.62. The molecule has 0 radical (unpaired) electrons. The van der Waals surface area contributed by atoms with Crippen LogP contribution in [0.15, 0.2) is 5.11 Å². The third kappa shape index (κ3) is 2.82. The zero-order chi connectivity index (χ0) is 11.5. The first-order valence-corrected chi connectivity index (χ1v) is 7.47. The Labute approximate surface area is 91.2 Å². The quantitative estimate of drug-likeness (QED) is 0.581. The van der Waals surface area contributed by atoms with E-state index in [9.17, 15) is 12.6 Å². The largest absolute Gasteiger partial charge is 0.304 e. The molecule has 1 aliphatic carbocycles. The lowest BCUT2D eigenvalue weighted by Crippen LogP contribution is -2.34. The molecule has 2 N–H and O–H groups in total. The fourth-order valence-electron chi connectivity index (χ4n) is 1.79. The highest BCUT2D eigenvalue weighted by atomic mass is 32.3. The second-order valence-corrected chi connectivity index (χ2v) is 7.15. The van der Waals surface area contributed by atoms with E-state index >= 15 is 0 Å². The van der Waals surface area contributed by atoms with Gasteiger partial charge in [-0.3, -0.25) is 0 Å². The summed E-state index contributed by atoms with van der Waals surface area (Å²) in [6, 6.07) is 0. The first-order valence-electron chi connectivity index (χ1n) is 4.69. The minimum Gasteiger partial charge on any atom is -0.304 e. The highest BCUT2D eigenvalue weighted by molar-refractivity contribution is 8.04.